The normalized spacial score (nSPS) is 14.2. The largest absolute Gasteiger partial charge is 0.472 e. The number of rotatable bonds is 83. The first-order chi connectivity index (χ1) is 50.9. The minimum Gasteiger partial charge on any atom is -0.462 e. The maximum absolute atomic E-state index is 13.1. The molecule has 0 amide bonds. The van der Waals surface area contributed by atoms with Crippen LogP contribution in [0.15, 0.2) is 24.3 Å². The Labute approximate surface area is 643 Å². The van der Waals surface area contributed by atoms with Gasteiger partial charge >= 0.3 is 39.5 Å². The molecule has 19 heteroatoms. The van der Waals surface area contributed by atoms with Crippen molar-refractivity contribution in [1.29, 1.82) is 0 Å². The van der Waals surface area contributed by atoms with Crippen LogP contribution in [-0.2, 0) is 65.4 Å². The Morgan fingerprint density at radius 2 is 0.562 bits per heavy atom. The first-order valence-corrected chi connectivity index (χ1v) is 46.8. The van der Waals surface area contributed by atoms with Crippen molar-refractivity contribution in [3.63, 3.8) is 0 Å². The van der Waals surface area contributed by atoms with Crippen molar-refractivity contribution in [2.75, 3.05) is 39.6 Å². The van der Waals surface area contributed by atoms with Gasteiger partial charge in [0.25, 0.3) is 0 Å². The van der Waals surface area contributed by atoms with Gasteiger partial charge in [0.15, 0.2) is 12.2 Å². The van der Waals surface area contributed by atoms with Crippen LogP contribution in [0.25, 0.3) is 0 Å². The molecular weight excluding hydrogens is 1370 g/mol. The second-order valence-electron chi connectivity index (χ2n) is 31.0. The fourth-order valence-corrected chi connectivity index (χ4v) is 14.4. The lowest BCUT2D eigenvalue weighted by atomic mass is 10.00. The van der Waals surface area contributed by atoms with Crippen molar-refractivity contribution < 1.29 is 80.2 Å². The van der Waals surface area contributed by atoms with E-state index in [0.717, 1.165) is 121 Å². The average Bonchev–Trinajstić information content (AvgIpc) is 0.922. The van der Waals surface area contributed by atoms with Crippen molar-refractivity contribution in [3.8, 4) is 0 Å². The maximum atomic E-state index is 13.1. The highest BCUT2D eigenvalue weighted by molar-refractivity contribution is 7.47. The van der Waals surface area contributed by atoms with E-state index in [1.54, 1.807) is 0 Å². The van der Waals surface area contributed by atoms with Gasteiger partial charge in [-0.2, -0.15) is 0 Å². The van der Waals surface area contributed by atoms with Crippen molar-refractivity contribution in [2.45, 2.75) is 452 Å². The summed E-state index contributed by atoms with van der Waals surface area (Å²) >= 11 is 0. The Hall–Kier alpha value is -2.46. The molecule has 0 aliphatic carbocycles. The summed E-state index contributed by atoms with van der Waals surface area (Å²) < 4.78 is 68.8. The van der Waals surface area contributed by atoms with Crippen LogP contribution in [-0.4, -0.2) is 96.7 Å². The topological polar surface area (TPSA) is 237 Å². The van der Waals surface area contributed by atoms with Crippen LogP contribution in [0.1, 0.15) is 433 Å². The summed E-state index contributed by atoms with van der Waals surface area (Å²) in [6.07, 6.45) is 71.8. The van der Waals surface area contributed by atoms with Crippen molar-refractivity contribution in [1.82, 2.24) is 0 Å². The van der Waals surface area contributed by atoms with E-state index in [1.807, 2.05) is 0 Å². The van der Waals surface area contributed by atoms with Gasteiger partial charge in [0.1, 0.15) is 19.3 Å². The van der Waals surface area contributed by atoms with Gasteiger partial charge in [-0.3, -0.25) is 37.3 Å². The van der Waals surface area contributed by atoms with E-state index >= 15 is 0 Å². The van der Waals surface area contributed by atoms with Crippen LogP contribution in [0.5, 0.6) is 0 Å². The summed E-state index contributed by atoms with van der Waals surface area (Å²) in [6, 6.07) is 0. The molecule has 0 aromatic heterocycles. The molecule has 620 valence electrons. The standard InChI is InChI=1S/C86H164O17P2/c1-7-10-12-14-16-18-20-22-24-25-26-30-34-37-41-45-49-56-62-68-83(88)96-74-81(102-85(90)70-65-59-51-47-43-39-35-31-28-27-29-33-36-40-44-48-54-60-66-78(4)5)76-100-104(92,93)98-72-80(87)73-99-105(94,95)101-77-82(75-97-84(89)69-63-57-53-52-55-61-67-79(6)9-3)103-86(91)71-64-58-50-46-42-38-32-23-21-19-17-15-13-11-8-2/h19,21,23,32,78-82,87H,7-18,20,22,24-31,33-77H2,1-6H3,(H,92,93)(H,94,95)/b21-19-,32-23-/t79?,80-,81-,82-/m1/s1. The molecule has 3 N–H and O–H groups in total. The Kier molecular flexibility index (Phi) is 75.1. The van der Waals surface area contributed by atoms with Crippen molar-refractivity contribution in [2.24, 2.45) is 11.8 Å². The molecule has 6 atom stereocenters. The van der Waals surface area contributed by atoms with Gasteiger partial charge < -0.3 is 33.8 Å². The highest BCUT2D eigenvalue weighted by Crippen LogP contribution is 2.45. The molecule has 0 aromatic rings. The van der Waals surface area contributed by atoms with Gasteiger partial charge in [0, 0.05) is 25.7 Å². The number of allylic oxidation sites excluding steroid dienone is 4. The number of ether oxygens (including phenoxy) is 4. The zero-order valence-corrected chi connectivity index (χ0v) is 70.3. The second kappa shape index (κ2) is 76.9. The summed E-state index contributed by atoms with van der Waals surface area (Å²) in [5.41, 5.74) is 0. The van der Waals surface area contributed by atoms with Gasteiger partial charge in [-0.1, -0.05) is 380 Å². The fourth-order valence-electron chi connectivity index (χ4n) is 12.8. The van der Waals surface area contributed by atoms with Crippen LogP contribution in [0.3, 0.4) is 0 Å². The summed E-state index contributed by atoms with van der Waals surface area (Å²) in [6.45, 7) is 9.59. The van der Waals surface area contributed by atoms with Crippen LogP contribution in [0.4, 0.5) is 0 Å². The lowest BCUT2D eigenvalue weighted by Crippen LogP contribution is -2.30. The number of aliphatic hydroxyl groups excluding tert-OH is 1. The molecule has 0 saturated carbocycles. The zero-order valence-electron chi connectivity index (χ0n) is 68.5. The Morgan fingerprint density at radius 3 is 0.857 bits per heavy atom. The van der Waals surface area contributed by atoms with E-state index in [2.05, 4.69) is 65.8 Å². The predicted octanol–water partition coefficient (Wildman–Crippen LogP) is 25.8. The zero-order chi connectivity index (χ0) is 77.1. The van der Waals surface area contributed by atoms with E-state index in [9.17, 15) is 43.2 Å². The van der Waals surface area contributed by atoms with Crippen LogP contribution < -0.4 is 0 Å². The van der Waals surface area contributed by atoms with E-state index in [0.29, 0.717) is 25.7 Å². The number of carbonyl (C=O) groups is 4. The Balaban J connectivity index is 5.26. The lowest BCUT2D eigenvalue weighted by Gasteiger charge is -2.21. The SMILES string of the molecule is CCCCCC/C=C\C=C/CCCCCCCC(=O)O[C@H](COC(=O)CCCCCCCCC(C)CC)COP(=O)(O)OC[C@H](O)COP(=O)(O)OC[C@@H](COC(=O)CCCCCCCCCCCCCCCCCCCCC)OC(=O)CCCCCCCCCCCCCCCCCCCCC(C)C. The number of hydrogen-bond acceptors (Lipinski definition) is 15. The summed E-state index contributed by atoms with van der Waals surface area (Å²) in [7, 11) is -9.94. The first kappa shape index (κ1) is 103. The van der Waals surface area contributed by atoms with Gasteiger partial charge in [0.05, 0.1) is 26.4 Å². The average molecular weight is 1530 g/mol. The minimum atomic E-state index is -4.97. The molecule has 0 spiro atoms. The highest BCUT2D eigenvalue weighted by Gasteiger charge is 2.30. The summed E-state index contributed by atoms with van der Waals surface area (Å²) in [5, 5.41) is 10.7. The fraction of sp³-hybridized carbons (Fsp3) is 0.907. The number of phosphoric ester groups is 2. The van der Waals surface area contributed by atoms with E-state index in [1.165, 1.54) is 231 Å². The molecule has 3 unspecified atom stereocenters. The minimum absolute atomic E-state index is 0.0844. The lowest BCUT2D eigenvalue weighted by molar-refractivity contribution is -0.161. The maximum Gasteiger partial charge on any atom is 0.472 e. The van der Waals surface area contributed by atoms with Crippen molar-refractivity contribution in [3.05, 3.63) is 24.3 Å². The molecule has 105 heavy (non-hydrogen) atoms. The number of hydrogen-bond donors (Lipinski definition) is 3. The molecule has 17 nitrogen and oxygen atoms in total. The van der Waals surface area contributed by atoms with E-state index < -0.39 is 97.5 Å². The second-order valence-corrected chi connectivity index (χ2v) is 33.9. The number of esters is 4. The van der Waals surface area contributed by atoms with Gasteiger partial charge in [-0.05, 0) is 63.2 Å². The quantitative estimate of drug-likeness (QED) is 0.0169. The van der Waals surface area contributed by atoms with Gasteiger partial charge in [-0.15, -0.1) is 0 Å². The molecule has 0 rings (SSSR count). The Bertz CT molecular complexity index is 2110. The number of carbonyl (C=O) groups excluding carboxylic acids is 4. The molecule has 0 bridgehead atoms. The third-order valence-corrected chi connectivity index (χ3v) is 21.8. The summed E-state index contributed by atoms with van der Waals surface area (Å²) in [4.78, 5) is 73.2. The third-order valence-electron chi connectivity index (χ3n) is 19.9. The molecule has 0 heterocycles. The molecule has 0 radical (unpaired) electrons. The summed E-state index contributed by atoms with van der Waals surface area (Å²) in [5.74, 6) is -0.589. The van der Waals surface area contributed by atoms with Gasteiger partial charge in [0.2, 0.25) is 0 Å². The predicted molar refractivity (Wildman–Crippen MR) is 432 cm³/mol. The smallest absolute Gasteiger partial charge is 0.462 e. The first-order valence-electron chi connectivity index (χ1n) is 43.8. The Morgan fingerprint density at radius 1 is 0.314 bits per heavy atom. The number of unbranched alkanes of at least 4 members (excludes halogenated alkanes) is 49. The molecule has 0 fully saturated rings. The third kappa shape index (κ3) is 78.0. The molecule has 0 aromatic carbocycles. The number of aliphatic hydroxyl groups is 1. The monoisotopic (exact) mass is 1530 g/mol. The van der Waals surface area contributed by atoms with Crippen LogP contribution in [0.2, 0.25) is 0 Å². The van der Waals surface area contributed by atoms with Crippen molar-refractivity contribution >= 4 is 39.5 Å². The van der Waals surface area contributed by atoms with Crippen LogP contribution in [0, 0.1) is 11.8 Å². The molecule has 0 aliphatic rings. The molecular formula is C86H164O17P2. The van der Waals surface area contributed by atoms with E-state index in [-0.39, 0.29) is 25.7 Å². The molecule has 0 saturated heterocycles. The van der Waals surface area contributed by atoms with E-state index in [4.69, 9.17) is 37.0 Å². The van der Waals surface area contributed by atoms with Crippen LogP contribution >= 0.6 is 15.6 Å². The van der Waals surface area contributed by atoms with Gasteiger partial charge in [-0.25, -0.2) is 9.13 Å². The molecule has 0 aliphatic heterocycles. The highest BCUT2D eigenvalue weighted by atomic mass is 31.2. The number of phosphoric acid groups is 2.